The van der Waals surface area contributed by atoms with Crippen LogP contribution >= 0.6 is 11.8 Å². The Morgan fingerprint density at radius 2 is 1.62 bits per heavy atom. The summed E-state index contributed by atoms with van der Waals surface area (Å²) in [7, 11) is 4.01. The van der Waals surface area contributed by atoms with Crippen molar-refractivity contribution in [3.05, 3.63) is 65.7 Å². The predicted octanol–water partition coefficient (Wildman–Crippen LogP) is 4.37. The molecule has 0 aliphatic heterocycles. The summed E-state index contributed by atoms with van der Waals surface area (Å²) < 4.78 is 0. The van der Waals surface area contributed by atoms with Gasteiger partial charge in [-0.05, 0) is 54.3 Å². The van der Waals surface area contributed by atoms with Gasteiger partial charge in [0.1, 0.15) is 0 Å². The molecule has 2 rings (SSSR count). The number of rotatable bonds is 5. The lowest BCUT2D eigenvalue weighted by Gasteiger charge is -2.11. The first-order chi connectivity index (χ1) is 10.1. The summed E-state index contributed by atoms with van der Waals surface area (Å²) in [6.07, 6.45) is 5.50. The molecule has 0 radical (unpaired) electrons. The molecule has 0 amide bonds. The Balaban J connectivity index is 2.07. The monoisotopic (exact) mass is 297 g/mol. The maximum Gasteiger partial charge on any atom is 0.185 e. The Morgan fingerprint density at radius 1 is 1.00 bits per heavy atom. The lowest BCUT2D eigenvalue weighted by molar-refractivity contribution is 0.104. The van der Waals surface area contributed by atoms with Crippen LogP contribution in [-0.2, 0) is 0 Å². The SMILES string of the molecule is CSc1ccc(C(=O)C=Cc2ccc(N(C)C)cc2)cc1. The molecule has 0 N–H and O–H groups in total. The Labute approximate surface area is 130 Å². The van der Waals surface area contributed by atoms with E-state index in [-0.39, 0.29) is 5.78 Å². The molecule has 0 spiro atoms. The van der Waals surface area contributed by atoms with Crippen LogP contribution in [0.25, 0.3) is 6.08 Å². The fraction of sp³-hybridized carbons (Fsp3) is 0.167. The van der Waals surface area contributed by atoms with Crippen LogP contribution in [0.15, 0.2) is 59.5 Å². The lowest BCUT2D eigenvalue weighted by atomic mass is 10.1. The van der Waals surface area contributed by atoms with Crippen molar-refractivity contribution in [1.29, 1.82) is 0 Å². The number of anilines is 1. The van der Waals surface area contributed by atoms with Gasteiger partial charge in [-0.3, -0.25) is 4.79 Å². The van der Waals surface area contributed by atoms with E-state index in [0.717, 1.165) is 16.1 Å². The van der Waals surface area contributed by atoms with E-state index < -0.39 is 0 Å². The molecule has 108 valence electrons. The van der Waals surface area contributed by atoms with Crippen molar-refractivity contribution in [2.75, 3.05) is 25.3 Å². The molecule has 21 heavy (non-hydrogen) atoms. The van der Waals surface area contributed by atoms with Gasteiger partial charge in [0.15, 0.2) is 5.78 Å². The normalized spacial score (nSPS) is 10.8. The molecule has 2 aromatic carbocycles. The van der Waals surface area contributed by atoms with Crippen LogP contribution in [0.1, 0.15) is 15.9 Å². The van der Waals surface area contributed by atoms with Gasteiger partial charge in [0.25, 0.3) is 0 Å². The van der Waals surface area contributed by atoms with Crippen molar-refractivity contribution in [3.8, 4) is 0 Å². The van der Waals surface area contributed by atoms with Crippen LogP contribution in [-0.4, -0.2) is 26.1 Å². The third-order valence-corrected chi connectivity index (χ3v) is 3.95. The molecule has 0 heterocycles. The van der Waals surface area contributed by atoms with Crippen LogP contribution in [0.5, 0.6) is 0 Å². The van der Waals surface area contributed by atoms with Crippen molar-refractivity contribution in [3.63, 3.8) is 0 Å². The first-order valence-corrected chi connectivity index (χ1v) is 7.96. The minimum Gasteiger partial charge on any atom is -0.378 e. The van der Waals surface area contributed by atoms with Gasteiger partial charge in [-0.15, -0.1) is 11.8 Å². The fourth-order valence-corrected chi connectivity index (χ4v) is 2.32. The van der Waals surface area contributed by atoms with Crippen LogP contribution in [0.2, 0.25) is 0 Å². The molecule has 2 aromatic rings. The first-order valence-electron chi connectivity index (χ1n) is 6.74. The number of nitrogens with zero attached hydrogens (tertiary/aromatic N) is 1. The van der Waals surface area contributed by atoms with Crippen molar-refractivity contribution in [2.45, 2.75) is 4.90 Å². The predicted molar refractivity (Wildman–Crippen MR) is 92.4 cm³/mol. The molecular weight excluding hydrogens is 278 g/mol. The summed E-state index contributed by atoms with van der Waals surface area (Å²) in [6, 6.07) is 15.8. The molecule has 0 atom stereocenters. The van der Waals surface area contributed by atoms with Gasteiger partial charge in [-0.25, -0.2) is 0 Å². The van der Waals surface area contributed by atoms with Crippen LogP contribution in [0.4, 0.5) is 5.69 Å². The maximum absolute atomic E-state index is 12.1. The highest BCUT2D eigenvalue weighted by atomic mass is 32.2. The van der Waals surface area contributed by atoms with Gasteiger partial charge < -0.3 is 4.90 Å². The molecule has 0 aliphatic rings. The zero-order valence-corrected chi connectivity index (χ0v) is 13.4. The largest absolute Gasteiger partial charge is 0.378 e. The maximum atomic E-state index is 12.1. The zero-order chi connectivity index (χ0) is 15.2. The van der Waals surface area contributed by atoms with Crippen molar-refractivity contribution in [2.24, 2.45) is 0 Å². The highest BCUT2D eigenvalue weighted by molar-refractivity contribution is 7.98. The van der Waals surface area contributed by atoms with E-state index >= 15 is 0 Å². The Morgan fingerprint density at radius 3 is 2.14 bits per heavy atom. The number of allylic oxidation sites excluding steroid dienone is 1. The smallest absolute Gasteiger partial charge is 0.185 e. The Kier molecular flexibility index (Phi) is 5.23. The minimum atomic E-state index is 0.0272. The standard InChI is InChI=1S/C18H19NOS/c1-19(2)16-9-4-14(5-10-16)6-13-18(20)15-7-11-17(21-3)12-8-15/h4-13H,1-3H3. The van der Waals surface area contributed by atoms with E-state index in [2.05, 4.69) is 0 Å². The summed E-state index contributed by atoms with van der Waals surface area (Å²) in [5.41, 5.74) is 2.88. The quantitative estimate of drug-likeness (QED) is 0.464. The zero-order valence-electron chi connectivity index (χ0n) is 12.5. The van der Waals surface area contributed by atoms with Gasteiger partial charge in [-0.1, -0.05) is 18.2 Å². The highest BCUT2D eigenvalue weighted by Gasteiger charge is 2.01. The minimum absolute atomic E-state index is 0.0272. The topological polar surface area (TPSA) is 20.3 Å². The fourth-order valence-electron chi connectivity index (χ4n) is 1.91. The third kappa shape index (κ3) is 4.23. The highest BCUT2D eigenvalue weighted by Crippen LogP contribution is 2.16. The van der Waals surface area contributed by atoms with Gasteiger partial charge in [0.05, 0.1) is 0 Å². The third-order valence-electron chi connectivity index (χ3n) is 3.21. The van der Waals surface area contributed by atoms with E-state index in [1.165, 1.54) is 0 Å². The Bertz CT molecular complexity index is 627. The molecule has 0 aromatic heterocycles. The molecule has 2 nitrogen and oxygen atoms in total. The second-order valence-electron chi connectivity index (χ2n) is 4.91. The van der Waals surface area contributed by atoms with Crippen LogP contribution < -0.4 is 4.90 Å². The van der Waals surface area contributed by atoms with E-state index in [1.54, 1.807) is 17.8 Å². The molecule has 0 fully saturated rings. The molecule has 0 saturated carbocycles. The number of ketones is 1. The van der Waals surface area contributed by atoms with Gasteiger partial charge in [0, 0.05) is 30.2 Å². The molecule has 0 saturated heterocycles. The number of benzene rings is 2. The molecule has 0 bridgehead atoms. The first kappa shape index (κ1) is 15.4. The summed E-state index contributed by atoms with van der Waals surface area (Å²) in [5.74, 6) is 0.0272. The molecular formula is C18H19NOS. The summed E-state index contributed by atoms with van der Waals surface area (Å²) >= 11 is 1.67. The summed E-state index contributed by atoms with van der Waals surface area (Å²) in [5, 5.41) is 0. The van der Waals surface area contributed by atoms with Crippen LogP contribution in [0.3, 0.4) is 0 Å². The van der Waals surface area contributed by atoms with E-state index in [4.69, 9.17) is 0 Å². The van der Waals surface area contributed by atoms with Crippen molar-refractivity contribution < 1.29 is 4.79 Å². The van der Waals surface area contributed by atoms with Crippen LogP contribution in [0, 0.1) is 0 Å². The van der Waals surface area contributed by atoms with E-state index in [1.807, 2.05) is 79.9 Å². The number of thioether (sulfide) groups is 1. The van der Waals surface area contributed by atoms with Gasteiger partial charge in [-0.2, -0.15) is 0 Å². The summed E-state index contributed by atoms with van der Waals surface area (Å²) in [6.45, 7) is 0. The molecule has 3 heteroatoms. The lowest BCUT2D eigenvalue weighted by Crippen LogP contribution is -2.07. The average Bonchev–Trinajstić information content (AvgIpc) is 2.53. The number of hydrogen-bond acceptors (Lipinski definition) is 3. The summed E-state index contributed by atoms with van der Waals surface area (Å²) in [4.78, 5) is 15.3. The van der Waals surface area contributed by atoms with Gasteiger partial charge in [0.2, 0.25) is 0 Å². The van der Waals surface area contributed by atoms with Crippen molar-refractivity contribution in [1.82, 2.24) is 0 Å². The molecule has 0 unspecified atom stereocenters. The second-order valence-corrected chi connectivity index (χ2v) is 5.79. The molecule has 0 aliphatic carbocycles. The average molecular weight is 297 g/mol. The van der Waals surface area contributed by atoms with E-state index in [9.17, 15) is 4.79 Å². The number of carbonyl (C=O) groups is 1. The number of hydrogen-bond donors (Lipinski definition) is 0. The Hall–Kier alpha value is -2.00. The van der Waals surface area contributed by atoms with Crippen molar-refractivity contribution >= 4 is 29.3 Å². The number of carbonyl (C=O) groups excluding carboxylic acids is 1. The van der Waals surface area contributed by atoms with Gasteiger partial charge >= 0.3 is 0 Å². The van der Waals surface area contributed by atoms with E-state index in [0.29, 0.717) is 5.56 Å². The second kappa shape index (κ2) is 7.14.